The third-order valence-electron chi connectivity index (χ3n) is 2.62. The molecule has 1 rings (SSSR count). The topological polar surface area (TPSA) is 64.3 Å². The third kappa shape index (κ3) is 4.07. The van der Waals surface area contributed by atoms with Crippen molar-refractivity contribution in [3.05, 3.63) is 29.8 Å². The highest BCUT2D eigenvalue weighted by Gasteiger charge is 2.09. The first-order valence-corrected chi connectivity index (χ1v) is 5.87. The van der Waals surface area contributed by atoms with E-state index in [-0.39, 0.29) is 11.9 Å². The van der Waals surface area contributed by atoms with E-state index in [9.17, 15) is 4.79 Å². The summed E-state index contributed by atoms with van der Waals surface area (Å²) in [6.07, 6.45) is 1.21. The van der Waals surface area contributed by atoms with Crippen LogP contribution in [0.5, 0.6) is 5.75 Å². The number of ether oxygens (including phenoxy) is 1. The monoisotopic (exact) mass is 236 g/mol. The average Bonchev–Trinajstić information content (AvgIpc) is 2.38. The van der Waals surface area contributed by atoms with Gasteiger partial charge in [-0.1, -0.05) is 25.1 Å². The molecule has 0 saturated heterocycles. The van der Waals surface area contributed by atoms with E-state index in [1.54, 1.807) is 7.05 Å². The van der Waals surface area contributed by atoms with Crippen LogP contribution in [-0.4, -0.2) is 19.6 Å². The predicted octanol–water partition coefficient (Wildman–Crippen LogP) is 1.61. The molecule has 0 aromatic heterocycles. The lowest BCUT2D eigenvalue weighted by Crippen LogP contribution is -2.20. The maximum Gasteiger partial charge on any atom is 0.223 e. The molecule has 0 aliphatic carbocycles. The Kier molecular flexibility index (Phi) is 5.49. The maximum absolute atomic E-state index is 11.1. The second-order valence-electron chi connectivity index (χ2n) is 3.82. The van der Waals surface area contributed by atoms with Crippen LogP contribution in [0.4, 0.5) is 0 Å². The Morgan fingerprint density at radius 3 is 2.82 bits per heavy atom. The Bertz CT molecular complexity index is 366. The Labute approximate surface area is 102 Å². The van der Waals surface area contributed by atoms with Crippen molar-refractivity contribution in [2.75, 3.05) is 13.7 Å². The summed E-state index contributed by atoms with van der Waals surface area (Å²) in [5, 5.41) is 2.56. The van der Waals surface area contributed by atoms with Crippen LogP contribution in [0.3, 0.4) is 0 Å². The van der Waals surface area contributed by atoms with Crippen molar-refractivity contribution < 1.29 is 9.53 Å². The van der Waals surface area contributed by atoms with E-state index < -0.39 is 0 Å². The predicted molar refractivity (Wildman–Crippen MR) is 67.8 cm³/mol. The molecule has 0 aliphatic rings. The van der Waals surface area contributed by atoms with Crippen molar-refractivity contribution in [2.24, 2.45) is 5.73 Å². The zero-order chi connectivity index (χ0) is 12.7. The van der Waals surface area contributed by atoms with Gasteiger partial charge < -0.3 is 15.8 Å². The van der Waals surface area contributed by atoms with E-state index in [1.807, 2.05) is 31.2 Å². The van der Waals surface area contributed by atoms with Crippen molar-refractivity contribution in [3.63, 3.8) is 0 Å². The van der Waals surface area contributed by atoms with Gasteiger partial charge in [-0.05, 0) is 12.5 Å². The van der Waals surface area contributed by atoms with Crippen LogP contribution in [0.1, 0.15) is 31.4 Å². The fourth-order valence-electron chi connectivity index (χ4n) is 1.52. The summed E-state index contributed by atoms with van der Waals surface area (Å²) in [5.41, 5.74) is 6.99. The minimum absolute atomic E-state index is 0.0220. The number of rotatable bonds is 6. The fourth-order valence-corrected chi connectivity index (χ4v) is 1.52. The van der Waals surface area contributed by atoms with E-state index in [2.05, 4.69) is 5.32 Å². The highest BCUT2D eigenvalue weighted by Crippen LogP contribution is 2.25. The lowest BCUT2D eigenvalue weighted by atomic mass is 10.0. The second kappa shape index (κ2) is 6.91. The van der Waals surface area contributed by atoms with Gasteiger partial charge in [0.2, 0.25) is 5.91 Å². The standard InChI is InChI=1S/C13H20N2O2/c1-3-11(14)10-6-4-5-7-12(10)17-9-8-13(16)15-2/h4-7,11H,3,8-9,14H2,1-2H3,(H,15,16)/t11-/m1/s1. The van der Waals surface area contributed by atoms with Crippen molar-refractivity contribution in [2.45, 2.75) is 25.8 Å². The molecule has 1 atom stereocenters. The Hall–Kier alpha value is -1.55. The van der Waals surface area contributed by atoms with Crippen molar-refractivity contribution >= 4 is 5.91 Å². The number of carbonyl (C=O) groups is 1. The first-order valence-electron chi connectivity index (χ1n) is 5.87. The molecule has 94 valence electrons. The number of amides is 1. The van der Waals surface area contributed by atoms with Gasteiger partial charge in [0, 0.05) is 18.7 Å². The smallest absolute Gasteiger partial charge is 0.223 e. The van der Waals surface area contributed by atoms with E-state index in [4.69, 9.17) is 10.5 Å². The second-order valence-corrected chi connectivity index (χ2v) is 3.82. The molecule has 1 aromatic rings. The molecule has 0 spiro atoms. The van der Waals surface area contributed by atoms with E-state index in [0.717, 1.165) is 17.7 Å². The molecule has 17 heavy (non-hydrogen) atoms. The number of nitrogens with one attached hydrogen (secondary N) is 1. The third-order valence-corrected chi connectivity index (χ3v) is 2.62. The van der Waals surface area contributed by atoms with Crippen LogP contribution in [-0.2, 0) is 4.79 Å². The van der Waals surface area contributed by atoms with Crippen LogP contribution in [0, 0.1) is 0 Å². The lowest BCUT2D eigenvalue weighted by molar-refractivity contribution is -0.121. The van der Waals surface area contributed by atoms with E-state index in [1.165, 1.54) is 0 Å². The minimum Gasteiger partial charge on any atom is -0.493 e. The van der Waals surface area contributed by atoms with Gasteiger partial charge in [0.15, 0.2) is 0 Å². The molecular formula is C13H20N2O2. The Morgan fingerprint density at radius 2 is 2.18 bits per heavy atom. The normalized spacial score (nSPS) is 11.9. The summed E-state index contributed by atoms with van der Waals surface area (Å²) in [7, 11) is 1.61. The molecular weight excluding hydrogens is 216 g/mol. The maximum atomic E-state index is 11.1. The molecule has 0 bridgehead atoms. The molecule has 0 saturated carbocycles. The van der Waals surface area contributed by atoms with Gasteiger partial charge >= 0.3 is 0 Å². The van der Waals surface area contributed by atoms with E-state index in [0.29, 0.717) is 13.0 Å². The van der Waals surface area contributed by atoms with Crippen LogP contribution in [0.15, 0.2) is 24.3 Å². The zero-order valence-electron chi connectivity index (χ0n) is 10.4. The fraction of sp³-hybridized carbons (Fsp3) is 0.462. The number of carbonyl (C=O) groups excluding carboxylic acids is 1. The van der Waals surface area contributed by atoms with Crippen LogP contribution < -0.4 is 15.8 Å². The average molecular weight is 236 g/mol. The van der Waals surface area contributed by atoms with Crippen LogP contribution in [0.2, 0.25) is 0 Å². The summed E-state index contributed by atoms with van der Waals surface area (Å²) in [6.45, 7) is 2.40. The van der Waals surface area contributed by atoms with Gasteiger partial charge in [0.25, 0.3) is 0 Å². The van der Waals surface area contributed by atoms with Gasteiger partial charge in [-0.15, -0.1) is 0 Å². The van der Waals surface area contributed by atoms with Gasteiger partial charge in [-0.25, -0.2) is 0 Å². The summed E-state index contributed by atoms with van der Waals surface area (Å²) in [5.74, 6) is 0.744. The number of benzene rings is 1. The summed E-state index contributed by atoms with van der Waals surface area (Å²) < 4.78 is 5.59. The number of nitrogens with two attached hydrogens (primary N) is 1. The molecule has 0 heterocycles. The molecule has 0 aliphatic heterocycles. The molecule has 1 amide bonds. The highest BCUT2D eigenvalue weighted by molar-refractivity contribution is 5.75. The molecule has 3 N–H and O–H groups in total. The first-order chi connectivity index (χ1) is 8.19. The van der Waals surface area contributed by atoms with Crippen molar-refractivity contribution in [3.8, 4) is 5.75 Å². The molecule has 0 fully saturated rings. The molecule has 4 heteroatoms. The quantitative estimate of drug-likeness (QED) is 0.788. The summed E-state index contributed by atoms with van der Waals surface area (Å²) >= 11 is 0. The van der Waals surface area contributed by atoms with Crippen LogP contribution >= 0.6 is 0 Å². The van der Waals surface area contributed by atoms with Gasteiger partial charge in [-0.2, -0.15) is 0 Å². The number of hydrogen-bond donors (Lipinski definition) is 2. The molecule has 4 nitrogen and oxygen atoms in total. The number of para-hydroxylation sites is 1. The largest absolute Gasteiger partial charge is 0.493 e. The Morgan fingerprint density at radius 1 is 1.47 bits per heavy atom. The summed E-state index contributed by atoms with van der Waals surface area (Å²) in [4.78, 5) is 11.1. The number of hydrogen-bond acceptors (Lipinski definition) is 3. The van der Waals surface area contributed by atoms with Gasteiger partial charge in [0.05, 0.1) is 13.0 Å². The lowest BCUT2D eigenvalue weighted by Gasteiger charge is -2.15. The molecule has 0 radical (unpaired) electrons. The van der Waals surface area contributed by atoms with Gasteiger partial charge in [0.1, 0.15) is 5.75 Å². The summed E-state index contributed by atoms with van der Waals surface area (Å²) in [6, 6.07) is 7.67. The minimum atomic E-state index is -0.0257. The molecule has 0 unspecified atom stereocenters. The highest BCUT2D eigenvalue weighted by atomic mass is 16.5. The molecule has 1 aromatic carbocycles. The zero-order valence-corrected chi connectivity index (χ0v) is 10.4. The SMILES string of the molecule is CC[C@@H](N)c1ccccc1OCCC(=O)NC. The Balaban J connectivity index is 2.61. The van der Waals surface area contributed by atoms with Gasteiger partial charge in [-0.3, -0.25) is 4.79 Å². The first kappa shape index (κ1) is 13.5. The van der Waals surface area contributed by atoms with Crippen molar-refractivity contribution in [1.29, 1.82) is 0 Å². The van der Waals surface area contributed by atoms with Crippen molar-refractivity contribution in [1.82, 2.24) is 5.32 Å². The van der Waals surface area contributed by atoms with Crippen LogP contribution in [0.25, 0.3) is 0 Å². The van der Waals surface area contributed by atoms with E-state index >= 15 is 0 Å².